The molecule has 0 spiro atoms. The summed E-state index contributed by atoms with van der Waals surface area (Å²) < 4.78 is 2.07. The minimum atomic E-state index is -0.00526. The molecule has 8 heteroatoms. The van der Waals surface area contributed by atoms with Crippen LogP contribution in [0.5, 0.6) is 0 Å². The molecule has 2 heterocycles. The average molecular weight is 484 g/mol. The maximum absolute atomic E-state index is 12.7. The Bertz CT molecular complexity index is 1100. The Morgan fingerprint density at radius 1 is 1.15 bits per heavy atom. The van der Waals surface area contributed by atoms with Crippen LogP contribution in [0.4, 0.5) is 0 Å². The van der Waals surface area contributed by atoms with E-state index in [0.717, 1.165) is 52.3 Å². The highest BCUT2D eigenvalue weighted by atomic mass is 35.5. The predicted molar refractivity (Wildman–Crippen MR) is 135 cm³/mol. The van der Waals surface area contributed by atoms with E-state index in [1.807, 2.05) is 30.3 Å². The molecule has 4 rings (SSSR count). The summed E-state index contributed by atoms with van der Waals surface area (Å²) in [5.74, 6) is 1.14. The van der Waals surface area contributed by atoms with E-state index in [1.165, 1.54) is 24.6 Å². The van der Waals surface area contributed by atoms with Crippen LogP contribution in [0.3, 0.4) is 0 Å². The first-order valence-electron chi connectivity index (χ1n) is 11.4. The standard InChI is InChI=1S/C25H30ClN5OS/c1-3-31-24(21-12-5-4-9-18(21)2)28-29-25(31)33-17-23(32)27-16-22(30-13-6-7-14-30)19-10-8-11-20(26)15-19/h4-5,8-12,15,22H,3,6-7,13-14,16-17H2,1-2H3,(H,27,32). The Morgan fingerprint density at radius 2 is 1.94 bits per heavy atom. The molecule has 0 saturated carbocycles. The van der Waals surface area contributed by atoms with Crippen molar-refractivity contribution in [3.05, 3.63) is 64.7 Å². The lowest BCUT2D eigenvalue weighted by Crippen LogP contribution is -2.37. The van der Waals surface area contributed by atoms with E-state index in [9.17, 15) is 4.79 Å². The predicted octanol–water partition coefficient (Wildman–Crippen LogP) is 4.97. The summed E-state index contributed by atoms with van der Waals surface area (Å²) in [4.78, 5) is 15.2. The van der Waals surface area contributed by atoms with Gasteiger partial charge in [-0.25, -0.2) is 0 Å². The third kappa shape index (κ3) is 5.78. The van der Waals surface area contributed by atoms with Crippen molar-refractivity contribution in [2.24, 2.45) is 0 Å². The van der Waals surface area contributed by atoms with Gasteiger partial charge in [0.15, 0.2) is 11.0 Å². The number of thioether (sulfide) groups is 1. The van der Waals surface area contributed by atoms with Gasteiger partial charge in [-0.05, 0) is 63.0 Å². The smallest absolute Gasteiger partial charge is 0.230 e. The number of halogens is 1. The number of likely N-dealkylation sites (tertiary alicyclic amines) is 1. The number of nitrogens with one attached hydrogen (secondary N) is 1. The van der Waals surface area contributed by atoms with Crippen molar-refractivity contribution in [2.45, 2.75) is 44.4 Å². The van der Waals surface area contributed by atoms with Crippen LogP contribution in [0.1, 0.15) is 36.9 Å². The number of aryl methyl sites for hydroxylation is 1. The largest absolute Gasteiger partial charge is 0.353 e. The molecule has 2 aromatic carbocycles. The van der Waals surface area contributed by atoms with E-state index in [-0.39, 0.29) is 11.9 Å². The molecule has 1 atom stereocenters. The summed E-state index contributed by atoms with van der Waals surface area (Å²) in [6, 6.07) is 16.2. The Hall–Kier alpha value is -2.35. The minimum absolute atomic E-state index is 0.00526. The molecular formula is C25H30ClN5OS. The number of nitrogens with zero attached hydrogens (tertiary/aromatic N) is 4. The minimum Gasteiger partial charge on any atom is -0.353 e. The number of aromatic nitrogens is 3. The van der Waals surface area contributed by atoms with Gasteiger partial charge in [0.05, 0.1) is 11.8 Å². The topological polar surface area (TPSA) is 63.1 Å². The van der Waals surface area contributed by atoms with Crippen LogP contribution in [-0.4, -0.2) is 51.0 Å². The van der Waals surface area contributed by atoms with Crippen LogP contribution >= 0.6 is 23.4 Å². The van der Waals surface area contributed by atoms with Gasteiger partial charge in [0.1, 0.15) is 0 Å². The quantitative estimate of drug-likeness (QED) is 0.435. The lowest BCUT2D eigenvalue weighted by atomic mass is 10.1. The van der Waals surface area contributed by atoms with Crippen molar-refractivity contribution in [1.29, 1.82) is 0 Å². The lowest BCUT2D eigenvalue weighted by Gasteiger charge is -2.28. The maximum atomic E-state index is 12.7. The Balaban J connectivity index is 1.39. The molecular weight excluding hydrogens is 454 g/mol. The normalized spacial score (nSPS) is 15.0. The second-order valence-corrected chi connectivity index (χ2v) is 9.65. The molecule has 1 fully saturated rings. The van der Waals surface area contributed by atoms with Gasteiger partial charge in [-0.2, -0.15) is 0 Å². The zero-order valence-electron chi connectivity index (χ0n) is 19.1. The number of rotatable bonds is 9. The summed E-state index contributed by atoms with van der Waals surface area (Å²) in [6.07, 6.45) is 2.38. The zero-order valence-corrected chi connectivity index (χ0v) is 20.7. The first-order valence-corrected chi connectivity index (χ1v) is 12.8. The lowest BCUT2D eigenvalue weighted by molar-refractivity contribution is -0.118. The van der Waals surface area contributed by atoms with Gasteiger partial charge in [0.25, 0.3) is 0 Å². The van der Waals surface area contributed by atoms with Crippen LogP contribution in [-0.2, 0) is 11.3 Å². The second-order valence-electron chi connectivity index (χ2n) is 8.27. The Kier molecular flexibility index (Phi) is 8.06. The van der Waals surface area contributed by atoms with Gasteiger partial charge in [-0.15, -0.1) is 10.2 Å². The summed E-state index contributed by atoms with van der Waals surface area (Å²) in [5.41, 5.74) is 3.37. The van der Waals surface area contributed by atoms with E-state index in [1.54, 1.807) is 0 Å². The monoisotopic (exact) mass is 483 g/mol. The van der Waals surface area contributed by atoms with Gasteiger partial charge < -0.3 is 9.88 Å². The fourth-order valence-electron chi connectivity index (χ4n) is 4.32. The van der Waals surface area contributed by atoms with Gasteiger partial charge in [-0.1, -0.05) is 59.8 Å². The fraction of sp³-hybridized carbons (Fsp3) is 0.400. The molecule has 1 aromatic heterocycles. The Labute approximate surface area is 204 Å². The number of carbonyl (C=O) groups is 1. The van der Waals surface area contributed by atoms with Crippen molar-refractivity contribution in [3.8, 4) is 11.4 Å². The molecule has 6 nitrogen and oxygen atoms in total. The van der Waals surface area contributed by atoms with Crippen molar-refractivity contribution < 1.29 is 4.79 Å². The molecule has 1 N–H and O–H groups in total. The summed E-state index contributed by atoms with van der Waals surface area (Å²) in [7, 11) is 0. The molecule has 1 aliphatic rings. The van der Waals surface area contributed by atoms with E-state index >= 15 is 0 Å². The van der Waals surface area contributed by atoms with E-state index < -0.39 is 0 Å². The second kappa shape index (κ2) is 11.2. The number of amides is 1. The first kappa shape index (κ1) is 23.8. The average Bonchev–Trinajstić information content (AvgIpc) is 3.48. The third-order valence-corrected chi connectivity index (χ3v) is 7.26. The van der Waals surface area contributed by atoms with Gasteiger partial charge >= 0.3 is 0 Å². The maximum Gasteiger partial charge on any atom is 0.230 e. The van der Waals surface area contributed by atoms with E-state index in [4.69, 9.17) is 11.6 Å². The number of carbonyl (C=O) groups excluding carboxylic acids is 1. The molecule has 0 aliphatic carbocycles. The summed E-state index contributed by atoms with van der Waals surface area (Å²) in [6.45, 7) is 7.54. The molecule has 1 unspecified atom stereocenters. The Morgan fingerprint density at radius 3 is 2.67 bits per heavy atom. The molecule has 0 radical (unpaired) electrons. The molecule has 1 aliphatic heterocycles. The van der Waals surface area contributed by atoms with Gasteiger partial charge in [0, 0.05) is 23.7 Å². The number of hydrogen-bond donors (Lipinski definition) is 1. The third-order valence-electron chi connectivity index (χ3n) is 6.06. The van der Waals surface area contributed by atoms with Crippen LogP contribution in [0.25, 0.3) is 11.4 Å². The molecule has 3 aromatic rings. The molecule has 1 saturated heterocycles. The van der Waals surface area contributed by atoms with E-state index in [2.05, 4.69) is 57.0 Å². The van der Waals surface area contributed by atoms with Crippen LogP contribution in [0.15, 0.2) is 53.7 Å². The van der Waals surface area contributed by atoms with Crippen LogP contribution in [0, 0.1) is 6.92 Å². The highest BCUT2D eigenvalue weighted by Crippen LogP contribution is 2.28. The fourth-order valence-corrected chi connectivity index (χ4v) is 5.35. The van der Waals surface area contributed by atoms with Crippen molar-refractivity contribution >= 4 is 29.3 Å². The van der Waals surface area contributed by atoms with Crippen molar-refractivity contribution in [3.63, 3.8) is 0 Å². The zero-order chi connectivity index (χ0) is 23.2. The highest BCUT2D eigenvalue weighted by molar-refractivity contribution is 7.99. The number of benzene rings is 2. The van der Waals surface area contributed by atoms with Crippen molar-refractivity contribution in [2.75, 3.05) is 25.4 Å². The van der Waals surface area contributed by atoms with E-state index in [0.29, 0.717) is 12.3 Å². The van der Waals surface area contributed by atoms with Crippen LogP contribution in [0.2, 0.25) is 5.02 Å². The SMILES string of the molecule is CCn1c(SCC(=O)NCC(c2cccc(Cl)c2)N2CCCC2)nnc1-c1ccccc1C. The van der Waals surface area contributed by atoms with Crippen LogP contribution < -0.4 is 5.32 Å². The first-order chi connectivity index (χ1) is 16.1. The summed E-state index contributed by atoms with van der Waals surface area (Å²) >= 11 is 7.66. The molecule has 174 valence electrons. The van der Waals surface area contributed by atoms with Crippen molar-refractivity contribution in [1.82, 2.24) is 25.0 Å². The molecule has 0 bridgehead atoms. The molecule has 1 amide bonds. The molecule has 33 heavy (non-hydrogen) atoms. The van der Waals surface area contributed by atoms with Gasteiger partial charge in [-0.3, -0.25) is 9.69 Å². The van der Waals surface area contributed by atoms with Gasteiger partial charge in [0.2, 0.25) is 5.91 Å². The number of hydrogen-bond acceptors (Lipinski definition) is 5. The highest BCUT2D eigenvalue weighted by Gasteiger charge is 2.24. The summed E-state index contributed by atoms with van der Waals surface area (Å²) in [5, 5.41) is 13.4.